The second-order valence-electron chi connectivity index (χ2n) is 11.1. The van der Waals surface area contributed by atoms with Gasteiger partial charge in [-0.2, -0.15) is 0 Å². The van der Waals surface area contributed by atoms with Crippen molar-refractivity contribution in [1.29, 1.82) is 0 Å². The van der Waals surface area contributed by atoms with Gasteiger partial charge in [0.2, 0.25) is 0 Å². The first-order valence-corrected chi connectivity index (χ1v) is 21.0. The molecule has 6 aromatic rings. The summed E-state index contributed by atoms with van der Waals surface area (Å²) in [4.78, 5) is 13.8. The minimum atomic E-state index is -4.00. The zero-order valence-electron chi connectivity index (χ0n) is 27.5. The second kappa shape index (κ2) is 16.4. The van der Waals surface area contributed by atoms with Crippen LogP contribution >= 0.6 is 23.9 Å². The summed E-state index contributed by atoms with van der Waals surface area (Å²) in [7, 11) is -9.95. The predicted octanol–water partition coefficient (Wildman–Crippen LogP) is 10.5. The molecule has 0 spiro atoms. The van der Waals surface area contributed by atoms with E-state index in [4.69, 9.17) is 38.0 Å². The number of para-hydroxylation sites is 6. The van der Waals surface area contributed by atoms with Crippen LogP contribution in [0, 0.1) is 0 Å². The first-order chi connectivity index (χ1) is 25.2. The number of rotatable bonds is 14. The van der Waals surface area contributed by atoms with Crippen LogP contribution in [0.15, 0.2) is 187 Å². The average Bonchev–Trinajstić information content (AvgIpc) is 3.17. The van der Waals surface area contributed by atoms with Gasteiger partial charge in [-0.3, -0.25) is 0 Å². The van der Waals surface area contributed by atoms with Crippen molar-refractivity contribution in [2.24, 2.45) is 10.2 Å². The van der Waals surface area contributed by atoms with Crippen LogP contribution in [0.1, 0.15) is 0 Å². The van der Waals surface area contributed by atoms with E-state index in [1.165, 1.54) is 0 Å². The summed E-state index contributed by atoms with van der Waals surface area (Å²) in [5, 5.41) is 0. The van der Waals surface area contributed by atoms with Crippen molar-refractivity contribution in [3.8, 4) is 34.5 Å². The number of nitrogens with two attached hydrogens (primary N) is 1. The van der Waals surface area contributed by atoms with Gasteiger partial charge in [0.15, 0.2) is 0 Å². The van der Waals surface area contributed by atoms with Crippen molar-refractivity contribution in [2.75, 3.05) is 12.7 Å². The Morgan fingerprint density at radius 3 is 1.35 bits per heavy atom. The van der Waals surface area contributed by atoms with Crippen molar-refractivity contribution >= 4 is 23.9 Å². The van der Waals surface area contributed by atoms with Crippen molar-refractivity contribution < 1.29 is 27.8 Å². The second-order valence-corrected chi connectivity index (χ2v) is 18.3. The van der Waals surface area contributed by atoms with Crippen LogP contribution in [0.25, 0.3) is 0 Å². The number of benzene rings is 6. The Bertz CT molecular complexity index is 1960. The third-order valence-electron chi connectivity index (χ3n) is 7.40. The molecule has 6 aromatic carbocycles. The van der Waals surface area contributed by atoms with Gasteiger partial charge in [0, 0.05) is 0 Å². The number of nitrogens with zero attached hydrogens (tertiary/aromatic N) is 3. The van der Waals surface area contributed by atoms with Gasteiger partial charge in [0.05, 0.1) is 0 Å². The maximum absolute atomic E-state index is 7.26. The summed E-state index contributed by atoms with van der Waals surface area (Å²) in [6.45, 7) is 0.188. The molecule has 1 heterocycles. The van der Waals surface area contributed by atoms with E-state index in [9.17, 15) is 0 Å². The third-order valence-corrected chi connectivity index (χ3v) is 17.2. The molecule has 1 aliphatic rings. The van der Waals surface area contributed by atoms with Gasteiger partial charge in [0.1, 0.15) is 0 Å². The SMILES string of the molecule is NCC[PH]1(Oc2ccccc2)N(Oc2ccccc2)P(Oc2ccccc2)N=P(Oc2ccccc2)(Oc2ccccc2)N1Oc1ccccc1. The van der Waals surface area contributed by atoms with Crippen molar-refractivity contribution in [3.05, 3.63) is 182 Å². The first kappa shape index (κ1) is 34.5. The fourth-order valence-electron chi connectivity index (χ4n) is 5.15. The predicted molar refractivity (Wildman–Crippen MR) is 205 cm³/mol. The van der Waals surface area contributed by atoms with Crippen LogP contribution in [0.2, 0.25) is 0 Å². The van der Waals surface area contributed by atoms with E-state index < -0.39 is 23.9 Å². The van der Waals surface area contributed by atoms with E-state index in [-0.39, 0.29) is 12.7 Å². The van der Waals surface area contributed by atoms with Gasteiger partial charge in [-0.25, -0.2) is 0 Å². The first-order valence-electron chi connectivity index (χ1n) is 16.3. The van der Waals surface area contributed by atoms with Crippen LogP contribution in [0.4, 0.5) is 0 Å². The molecule has 1 atom stereocenters. The van der Waals surface area contributed by atoms with Gasteiger partial charge in [-0.1, -0.05) is 0 Å². The van der Waals surface area contributed by atoms with Crippen molar-refractivity contribution in [2.45, 2.75) is 0 Å². The number of hydrogen-bond donors (Lipinski definition) is 1. The fraction of sp³-hybridized carbons (Fsp3) is 0.0526. The Morgan fingerprint density at radius 2 is 0.902 bits per heavy atom. The molecule has 0 aliphatic carbocycles. The van der Waals surface area contributed by atoms with Crippen LogP contribution < -0.4 is 33.5 Å². The molecule has 1 unspecified atom stereocenters. The Labute approximate surface area is 299 Å². The molecule has 0 saturated carbocycles. The molecule has 0 bridgehead atoms. The summed E-state index contributed by atoms with van der Waals surface area (Å²) in [6, 6.07) is 56.6. The van der Waals surface area contributed by atoms with Gasteiger partial charge >= 0.3 is 300 Å². The van der Waals surface area contributed by atoms with E-state index in [0.29, 0.717) is 34.5 Å². The van der Waals surface area contributed by atoms with E-state index in [2.05, 4.69) is 0 Å². The molecule has 51 heavy (non-hydrogen) atoms. The molecule has 0 aromatic heterocycles. The molecule has 2 N–H and O–H groups in total. The molecule has 13 heteroatoms. The number of hydrogen-bond acceptors (Lipinski definition) is 10. The third kappa shape index (κ3) is 8.19. The Balaban J connectivity index is 1.54. The Kier molecular flexibility index (Phi) is 11.1. The summed E-state index contributed by atoms with van der Waals surface area (Å²) < 4.78 is 36.9. The Hall–Kier alpha value is -4.91. The minimum absolute atomic E-state index is 0.188. The summed E-state index contributed by atoms with van der Waals surface area (Å²) in [5.41, 5.74) is 6.56. The maximum atomic E-state index is 7.26. The monoisotopic (exact) mass is 738 g/mol. The Morgan fingerprint density at radius 1 is 0.510 bits per heavy atom. The van der Waals surface area contributed by atoms with E-state index in [1.807, 2.05) is 182 Å². The average molecular weight is 739 g/mol. The summed E-state index contributed by atoms with van der Waals surface area (Å²) in [5.74, 6) is 3.20. The molecule has 10 nitrogen and oxygen atoms in total. The van der Waals surface area contributed by atoms with Crippen LogP contribution in [-0.4, -0.2) is 21.9 Å². The van der Waals surface area contributed by atoms with E-state index in [1.54, 1.807) is 9.21 Å². The van der Waals surface area contributed by atoms with Crippen molar-refractivity contribution in [1.82, 2.24) is 9.21 Å². The zero-order chi connectivity index (χ0) is 34.8. The molecule has 1 aliphatic heterocycles. The van der Waals surface area contributed by atoms with Gasteiger partial charge in [-0.15, -0.1) is 0 Å². The van der Waals surface area contributed by atoms with E-state index in [0.717, 1.165) is 0 Å². The molecule has 260 valence electrons. The zero-order valence-corrected chi connectivity index (χ0v) is 30.3. The van der Waals surface area contributed by atoms with E-state index >= 15 is 0 Å². The molecule has 0 amide bonds. The van der Waals surface area contributed by atoms with Crippen molar-refractivity contribution in [3.63, 3.8) is 0 Å². The van der Waals surface area contributed by atoms with Crippen LogP contribution in [-0.2, 0) is 0 Å². The normalized spacial score (nSPS) is 17.2. The molecule has 0 radical (unpaired) electrons. The van der Waals surface area contributed by atoms with Crippen LogP contribution in [0.5, 0.6) is 34.5 Å². The molecular weight excluding hydrogens is 701 g/mol. The van der Waals surface area contributed by atoms with Gasteiger partial charge < -0.3 is 0 Å². The molecular formula is C38H37N4O6P3. The molecule has 0 saturated heterocycles. The molecule has 0 fully saturated rings. The standard InChI is InChI=1S/C38H37N4O6P3/c39-31-32-50(46-36-25-13-4-14-26-36)41(43-33-19-7-1-8-20-33)49(45-35-23-11-3-12-24-35)40-51(47-37-27-15-5-16-28-37,48-38-29-17-6-18-30-38)42(50)44-34-21-9-2-10-22-34/h1-30,50H,31-32,39H2. The van der Waals surface area contributed by atoms with Gasteiger partial charge in [0.25, 0.3) is 0 Å². The molecule has 7 rings (SSSR count). The summed E-state index contributed by atoms with van der Waals surface area (Å²) in [6.07, 6.45) is 0.256. The van der Waals surface area contributed by atoms with Gasteiger partial charge in [-0.05, 0) is 0 Å². The van der Waals surface area contributed by atoms with Crippen LogP contribution in [0.3, 0.4) is 0 Å². The topological polar surface area (TPSA) is 100 Å². The summed E-state index contributed by atoms with van der Waals surface area (Å²) >= 11 is 0. The quantitative estimate of drug-likeness (QED) is 0.109. The fourth-order valence-corrected chi connectivity index (χ4v) is 16.1.